The van der Waals surface area contributed by atoms with Crippen molar-refractivity contribution in [1.82, 2.24) is 4.90 Å². The third kappa shape index (κ3) is 3.36. The molecule has 7 heteroatoms. The second-order valence-electron chi connectivity index (χ2n) is 6.49. The predicted molar refractivity (Wildman–Crippen MR) is 90.1 cm³/mol. The van der Waals surface area contributed by atoms with E-state index in [1.165, 1.54) is 0 Å². The van der Waals surface area contributed by atoms with Crippen molar-refractivity contribution < 1.29 is 22.7 Å². The summed E-state index contributed by atoms with van der Waals surface area (Å²) in [5.74, 6) is 1.51. The number of sulfone groups is 1. The van der Waals surface area contributed by atoms with E-state index in [1.807, 2.05) is 18.2 Å². The van der Waals surface area contributed by atoms with E-state index < -0.39 is 9.84 Å². The van der Waals surface area contributed by atoms with Crippen LogP contribution in [0.15, 0.2) is 18.2 Å². The number of fused-ring (bicyclic) bond motifs is 1. The van der Waals surface area contributed by atoms with E-state index in [0.717, 1.165) is 11.3 Å². The van der Waals surface area contributed by atoms with E-state index in [2.05, 4.69) is 0 Å². The predicted octanol–water partition coefficient (Wildman–Crippen LogP) is 1.28. The molecular formula is C17H23NO5S. The monoisotopic (exact) mass is 353 g/mol. The van der Waals surface area contributed by atoms with Crippen LogP contribution >= 0.6 is 0 Å². The molecule has 1 atom stereocenters. The fourth-order valence-electron chi connectivity index (χ4n) is 3.45. The van der Waals surface area contributed by atoms with Gasteiger partial charge in [0.1, 0.15) is 16.4 Å². The number of ether oxygens (including phenoxy) is 2. The van der Waals surface area contributed by atoms with Crippen LogP contribution in [0.2, 0.25) is 0 Å². The molecule has 0 radical (unpaired) electrons. The summed E-state index contributed by atoms with van der Waals surface area (Å²) < 4.78 is 34.2. The van der Waals surface area contributed by atoms with Crippen LogP contribution in [0.3, 0.4) is 0 Å². The minimum Gasteiger partial charge on any atom is -0.493 e. The van der Waals surface area contributed by atoms with Gasteiger partial charge < -0.3 is 14.4 Å². The molecule has 0 saturated carbocycles. The molecule has 1 fully saturated rings. The first-order valence-corrected chi connectivity index (χ1v) is 9.99. The fraction of sp³-hybridized carbons (Fsp3) is 0.588. The Balaban J connectivity index is 1.68. The zero-order valence-corrected chi connectivity index (χ0v) is 14.8. The lowest BCUT2D eigenvalue weighted by Gasteiger charge is -2.35. The van der Waals surface area contributed by atoms with Crippen molar-refractivity contribution in [2.75, 3.05) is 32.3 Å². The molecule has 0 aromatic heterocycles. The molecule has 2 aliphatic heterocycles. The second-order valence-corrected chi connectivity index (χ2v) is 8.80. The third-order valence-electron chi connectivity index (χ3n) is 4.94. The maximum Gasteiger partial charge on any atom is 0.229 e. The Morgan fingerprint density at radius 1 is 1.29 bits per heavy atom. The van der Waals surface area contributed by atoms with Crippen molar-refractivity contribution in [2.24, 2.45) is 5.92 Å². The number of carbonyl (C=O) groups excluding carboxylic acids is 1. The van der Waals surface area contributed by atoms with Gasteiger partial charge in [-0.25, -0.2) is 8.42 Å². The van der Waals surface area contributed by atoms with E-state index in [0.29, 0.717) is 31.6 Å². The largest absolute Gasteiger partial charge is 0.493 e. The number of nitrogens with zero attached hydrogens (tertiary/aromatic N) is 1. The Morgan fingerprint density at radius 2 is 2.00 bits per heavy atom. The smallest absolute Gasteiger partial charge is 0.229 e. The Kier molecular flexibility index (Phi) is 4.71. The maximum atomic E-state index is 12.8. The van der Waals surface area contributed by atoms with Crippen LogP contribution in [0.1, 0.15) is 18.4 Å². The highest BCUT2D eigenvalue weighted by Crippen LogP contribution is 2.36. The van der Waals surface area contributed by atoms with Crippen LogP contribution in [-0.4, -0.2) is 57.5 Å². The lowest BCUT2D eigenvalue weighted by atomic mass is 9.94. The quantitative estimate of drug-likeness (QED) is 0.818. The molecule has 1 saturated heterocycles. The molecule has 0 bridgehead atoms. The zero-order chi connectivity index (χ0) is 17.3. The van der Waals surface area contributed by atoms with E-state index in [-0.39, 0.29) is 29.4 Å². The molecule has 1 aromatic carbocycles. The summed E-state index contributed by atoms with van der Waals surface area (Å²) in [6.45, 7) is 0.321. The van der Waals surface area contributed by atoms with Crippen molar-refractivity contribution in [3.05, 3.63) is 23.8 Å². The summed E-state index contributed by atoms with van der Waals surface area (Å²) in [4.78, 5) is 14.5. The van der Waals surface area contributed by atoms with Gasteiger partial charge in [0.2, 0.25) is 5.91 Å². The molecule has 1 amide bonds. The Morgan fingerprint density at radius 3 is 2.67 bits per heavy atom. The van der Waals surface area contributed by atoms with Crippen LogP contribution in [0.4, 0.5) is 0 Å². The molecule has 1 aromatic rings. The Hall–Kier alpha value is -1.76. The maximum absolute atomic E-state index is 12.8. The van der Waals surface area contributed by atoms with Gasteiger partial charge in [-0.05, 0) is 30.9 Å². The highest BCUT2D eigenvalue weighted by Gasteiger charge is 2.34. The van der Waals surface area contributed by atoms with Crippen LogP contribution < -0.4 is 9.47 Å². The highest BCUT2D eigenvalue weighted by atomic mass is 32.2. The average molecular weight is 353 g/mol. The SMILES string of the molecule is COc1cccc2c1OC[C@@H](C(=O)N(C)C1CCS(=O)(=O)CC1)C2. The number of carbonyl (C=O) groups is 1. The number of benzene rings is 1. The number of hydrogen-bond acceptors (Lipinski definition) is 5. The van der Waals surface area contributed by atoms with Crippen LogP contribution in [0, 0.1) is 5.92 Å². The van der Waals surface area contributed by atoms with Crippen LogP contribution in [-0.2, 0) is 21.1 Å². The van der Waals surface area contributed by atoms with Gasteiger partial charge in [-0.3, -0.25) is 4.79 Å². The average Bonchev–Trinajstić information content (AvgIpc) is 2.59. The van der Waals surface area contributed by atoms with Crippen LogP contribution in [0.25, 0.3) is 0 Å². The van der Waals surface area contributed by atoms with Gasteiger partial charge in [-0.15, -0.1) is 0 Å². The topological polar surface area (TPSA) is 72.9 Å². The Bertz CT molecular complexity index is 716. The van der Waals surface area contributed by atoms with Crippen molar-refractivity contribution >= 4 is 15.7 Å². The summed E-state index contributed by atoms with van der Waals surface area (Å²) in [5, 5.41) is 0. The van der Waals surface area contributed by atoms with Gasteiger partial charge in [0.25, 0.3) is 0 Å². The molecular weight excluding hydrogens is 330 g/mol. The van der Waals surface area contributed by atoms with Crippen molar-refractivity contribution in [3.8, 4) is 11.5 Å². The summed E-state index contributed by atoms with van der Waals surface area (Å²) in [6.07, 6.45) is 1.64. The molecule has 0 N–H and O–H groups in total. The number of rotatable bonds is 3. The molecule has 0 unspecified atom stereocenters. The van der Waals surface area contributed by atoms with Gasteiger partial charge in [0.05, 0.1) is 24.5 Å². The van der Waals surface area contributed by atoms with E-state index in [9.17, 15) is 13.2 Å². The lowest BCUT2D eigenvalue weighted by Crippen LogP contribution is -2.46. The van der Waals surface area contributed by atoms with E-state index in [1.54, 1.807) is 19.1 Å². The normalized spacial score (nSPS) is 23.0. The number of amides is 1. The van der Waals surface area contributed by atoms with Gasteiger partial charge in [0, 0.05) is 13.1 Å². The lowest BCUT2D eigenvalue weighted by molar-refractivity contribution is -0.137. The number of hydrogen-bond donors (Lipinski definition) is 0. The van der Waals surface area contributed by atoms with Crippen molar-refractivity contribution in [3.63, 3.8) is 0 Å². The fourth-order valence-corrected chi connectivity index (χ4v) is 4.91. The van der Waals surface area contributed by atoms with Crippen LogP contribution in [0.5, 0.6) is 11.5 Å². The Labute approximate surface area is 142 Å². The third-order valence-corrected chi connectivity index (χ3v) is 6.66. The summed E-state index contributed by atoms with van der Waals surface area (Å²) in [6, 6.07) is 5.68. The zero-order valence-electron chi connectivity index (χ0n) is 14.0. The number of methoxy groups -OCH3 is 1. The summed E-state index contributed by atoms with van der Waals surface area (Å²) in [7, 11) is 0.444. The molecule has 2 aliphatic rings. The second kappa shape index (κ2) is 6.63. The van der Waals surface area contributed by atoms with Crippen molar-refractivity contribution in [2.45, 2.75) is 25.3 Å². The first-order chi connectivity index (χ1) is 11.4. The standard InChI is InChI=1S/C17H23NO5S/c1-18(14-6-8-24(20,21)9-7-14)17(19)13-10-12-4-3-5-15(22-2)16(12)23-11-13/h3-5,13-14H,6-11H2,1-2H3/t13-/m0/s1. The summed E-state index contributed by atoms with van der Waals surface area (Å²) >= 11 is 0. The first-order valence-electron chi connectivity index (χ1n) is 8.17. The van der Waals surface area contributed by atoms with E-state index in [4.69, 9.17) is 9.47 Å². The first kappa shape index (κ1) is 17.1. The molecule has 0 aliphatic carbocycles. The summed E-state index contributed by atoms with van der Waals surface area (Å²) in [5.41, 5.74) is 0.971. The van der Waals surface area contributed by atoms with Gasteiger partial charge in [0.15, 0.2) is 11.5 Å². The molecule has 0 spiro atoms. The molecule has 2 heterocycles. The molecule has 6 nitrogen and oxygen atoms in total. The molecule has 24 heavy (non-hydrogen) atoms. The minimum absolute atomic E-state index is 0.00673. The van der Waals surface area contributed by atoms with Gasteiger partial charge in [-0.2, -0.15) is 0 Å². The molecule has 132 valence electrons. The van der Waals surface area contributed by atoms with Crippen molar-refractivity contribution in [1.29, 1.82) is 0 Å². The molecule has 3 rings (SSSR count). The van der Waals surface area contributed by atoms with Gasteiger partial charge in [-0.1, -0.05) is 12.1 Å². The number of para-hydroxylation sites is 1. The highest BCUT2D eigenvalue weighted by molar-refractivity contribution is 7.91. The van der Waals surface area contributed by atoms with Gasteiger partial charge >= 0.3 is 0 Å². The van der Waals surface area contributed by atoms with E-state index >= 15 is 0 Å². The minimum atomic E-state index is -2.92.